The van der Waals surface area contributed by atoms with E-state index in [2.05, 4.69) is 0 Å². The highest BCUT2D eigenvalue weighted by molar-refractivity contribution is 7.82. The van der Waals surface area contributed by atoms with E-state index in [-0.39, 0.29) is 0 Å². The normalized spacial score (nSPS) is 29.4. The molecule has 0 bridgehead atoms. The molecular formula is C3H5ClO2S. The quantitative estimate of drug-likeness (QED) is 0.435. The Kier molecular flexibility index (Phi) is 1.14. The summed E-state index contributed by atoms with van der Waals surface area (Å²) < 4.78 is 17.6. The van der Waals surface area contributed by atoms with Crippen molar-refractivity contribution in [3.05, 3.63) is 0 Å². The maximum absolute atomic E-state index is 10.1. The van der Waals surface area contributed by atoms with Gasteiger partial charge in [0.2, 0.25) is 0 Å². The Morgan fingerprint density at radius 2 is 2.14 bits per heavy atom. The van der Waals surface area contributed by atoms with Crippen LogP contribution < -0.4 is 0 Å². The second-order valence-electron chi connectivity index (χ2n) is 1.63. The lowest BCUT2D eigenvalue weighted by Gasteiger charge is -1.93. The maximum atomic E-state index is 10.1. The predicted octanol–water partition coefficient (Wildman–Crippen LogP) is 0.937. The Labute approximate surface area is 49.1 Å². The summed E-state index contributed by atoms with van der Waals surface area (Å²) in [4.78, 5) is 0. The van der Waals surface area contributed by atoms with Crippen molar-refractivity contribution in [1.29, 1.82) is 0 Å². The Bertz CT molecular complexity index is 110. The van der Waals surface area contributed by atoms with Crippen LogP contribution in [0.1, 0.15) is 12.8 Å². The van der Waals surface area contributed by atoms with Crippen LogP contribution in [0.4, 0.5) is 0 Å². The topological polar surface area (TPSA) is 37.3 Å². The summed E-state index contributed by atoms with van der Waals surface area (Å²) >= 11 is 3.62. The summed E-state index contributed by atoms with van der Waals surface area (Å²) in [6, 6.07) is 0. The first-order valence-corrected chi connectivity index (χ1v) is 3.43. The van der Waals surface area contributed by atoms with Gasteiger partial charge in [0, 0.05) is 0 Å². The van der Waals surface area contributed by atoms with Gasteiger partial charge in [0.25, 0.3) is 0 Å². The molecule has 0 radical (unpaired) electrons. The van der Waals surface area contributed by atoms with Crippen molar-refractivity contribution in [2.75, 3.05) is 0 Å². The first-order chi connectivity index (χ1) is 3.15. The lowest BCUT2D eigenvalue weighted by Crippen LogP contribution is -2.04. The summed E-state index contributed by atoms with van der Waals surface area (Å²) in [7, 11) is 0. The fourth-order valence-corrected chi connectivity index (χ4v) is 0.819. The van der Waals surface area contributed by atoms with Crippen LogP contribution >= 0.6 is 11.6 Å². The summed E-state index contributed by atoms with van der Waals surface area (Å²) in [5, 5.41) is 0. The molecule has 4 heteroatoms. The van der Waals surface area contributed by atoms with Crippen molar-refractivity contribution < 1.29 is 8.76 Å². The van der Waals surface area contributed by atoms with Crippen molar-refractivity contribution >= 4 is 22.7 Å². The van der Waals surface area contributed by atoms with Crippen LogP contribution in [0.15, 0.2) is 0 Å². The molecule has 1 rings (SSSR count). The molecule has 0 aromatic rings. The number of alkyl halides is 1. The van der Waals surface area contributed by atoms with Crippen LogP contribution in [0.2, 0.25) is 0 Å². The number of hydrogen-bond acceptors (Lipinski definition) is 1. The molecule has 7 heavy (non-hydrogen) atoms. The minimum absolute atomic E-state index is 0.678. The molecule has 0 amide bonds. The van der Waals surface area contributed by atoms with Gasteiger partial charge in [-0.2, -0.15) is 0 Å². The number of halogens is 1. The summed E-state index contributed by atoms with van der Waals surface area (Å²) in [6.07, 6.45) is 1.36. The van der Waals surface area contributed by atoms with Crippen LogP contribution in [-0.2, 0) is 11.1 Å². The van der Waals surface area contributed by atoms with E-state index in [9.17, 15) is 4.21 Å². The highest BCUT2D eigenvalue weighted by Gasteiger charge is 2.46. The van der Waals surface area contributed by atoms with Crippen LogP contribution in [0.25, 0.3) is 0 Å². The first-order valence-electron chi connectivity index (χ1n) is 1.95. The van der Waals surface area contributed by atoms with E-state index >= 15 is 0 Å². The molecule has 0 spiro atoms. The SMILES string of the molecule is O=S(O)C1(Cl)CC1. The third-order valence-electron chi connectivity index (χ3n) is 0.956. The van der Waals surface area contributed by atoms with Gasteiger partial charge in [-0.25, -0.2) is 4.21 Å². The summed E-state index contributed by atoms with van der Waals surface area (Å²) in [5.74, 6) is 0. The average molecular weight is 141 g/mol. The summed E-state index contributed by atoms with van der Waals surface area (Å²) in [6.45, 7) is 0. The van der Waals surface area contributed by atoms with Gasteiger partial charge in [-0.3, -0.25) is 0 Å². The molecule has 1 aliphatic rings. The van der Waals surface area contributed by atoms with Gasteiger partial charge in [-0.1, -0.05) is 0 Å². The first kappa shape index (κ1) is 5.54. The largest absolute Gasteiger partial charge is 0.305 e. The molecule has 1 unspecified atom stereocenters. The van der Waals surface area contributed by atoms with E-state index in [4.69, 9.17) is 16.2 Å². The van der Waals surface area contributed by atoms with E-state index in [0.717, 1.165) is 0 Å². The highest BCUT2D eigenvalue weighted by atomic mass is 35.5. The fraction of sp³-hybridized carbons (Fsp3) is 1.00. The molecular weight excluding hydrogens is 136 g/mol. The lowest BCUT2D eigenvalue weighted by molar-refractivity contribution is 0.559. The molecule has 0 aliphatic heterocycles. The van der Waals surface area contributed by atoms with Crippen LogP contribution in [-0.4, -0.2) is 13.0 Å². The van der Waals surface area contributed by atoms with Crippen LogP contribution in [0.3, 0.4) is 0 Å². The minimum Gasteiger partial charge on any atom is -0.305 e. The van der Waals surface area contributed by atoms with Gasteiger partial charge in [0.1, 0.15) is 4.21 Å². The molecule has 2 nitrogen and oxygen atoms in total. The second-order valence-corrected chi connectivity index (χ2v) is 3.86. The van der Waals surface area contributed by atoms with Gasteiger partial charge >= 0.3 is 0 Å². The van der Waals surface area contributed by atoms with Crippen molar-refractivity contribution in [2.45, 2.75) is 17.0 Å². The Hall–Kier alpha value is 0.400. The lowest BCUT2D eigenvalue weighted by atomic mass is 11.0. The zero-order valence-corrected chi connectivity index (χ0v) is 5.13. The zero-order chi connectivity index (χ0) is 5.49. The molecule has 1 atom stereocenters. The van der Waals surface area contributed by atoms with Crippen molar-refractivity contribution in [3.8, 4) is 0 Å². The summed E-state index contributed by atoms with van der Waals surface area (Å²) in [5.41, 5.74) is 0. The van der Waals surface area contributed by atoms with Gasteiger partial charge in [-0.05, 0) is 12.8 Å². The zero-order valence-electron chi connectivity index (χ0n) is 3.56. The van der Waals surface area contributed by atoms with Crippen molar-refractivity contribution in [3.63, 3.8) is 0 Å². The number of hydrogen-bond donors (Lipinski definition) is 1. The molecule has 1 fully saturated rings. The van der Waals surface area contributed by atoms with E-state index in [1.54, 1.807) is 0 Å². The predicted molar refractivity (Wildman–Crippen MR) is 28.6 cm³/mol. The third kappa shape index (κ3) is 0.953. The van der Waals surface area contributed by atoms with E-state index in [1.807, 2.05) is 0 Å². The van der Waals surface area contributed by atoms with Gasteiger partial charge in [0.05, 0.1) is 0 Å². The second kappa shape index (κ2) is 1.44. The Morgan fingerprint density at radius 3 is 2.14 bits per heavy atom. The molecule has 0 aromatic carbocycles. The molecule has 1 aliphatic carbocycles. The van der Waals surface area contributed by atoms with Crippen molar-refractivity contribution in [1.82, 2.24) is 0 Å². The average Bonchev–Trinajstić information content (AvgIpc) is 2.21. The van der Waals surface area contributed by atoms with E-state index < -0.39 is 15.3 Å². The van der Waals surface area contributed by atoms with E-state index in [1.165, 1.54) is 0 Å². The molecule has 42 valence electrons. The monoisotopic (exact) mass is 140 g/mol. The molecule has 0 saturated heterocycles. The molecule has 1 saturated carbocycles. The smallest absolute Gasteiger partial charge is 0.174 e. The standard InChI is InChI=1S/C3H5ClO2S/c4-3(1-2-3)7(5)6/h1-2H2,(H,5,6). The van der Waals surface area contributed by atoms with Crippen LogP contribution in [0, 0.1) is 0 Å². The Morgan fingerprint density at radius 1 is 1.71 bits per heavy atom. The fourth-order valence-electron chi connectivity index (χ4n) is 0.273. The van der Waals surface area contributed by atoms with Gasteiger partial charge < -0.3 is 4.55 Å². The van der Waals surface area contributed by atoms with Crippen molar-refractivity contribution in [2.24, 2.45) is 0 Å². The maximum Gasteiger partial charge on any atom is 0.174 e. The molecule has 1 N–H and O–H groups in total. The van der Waals surface area contributed by atoms with Gasteiger partial charge in [0.15, 0.2) is 11.1 Å². The number of rotatable bonds is 1. The molecule has 0 aromatic heterocycles. The van der Waals surface area contributed by atoms with E-state index in [0.29, 0.717) is 12.8 Å². The molecule has 0 heterocycles. The minimum atomic E-state index is -1.81. The van der Waals surface area contributed by atoms with Crippen LogP contribution in [0.5, 0.6) is 0 Å². The Balaban J connectivity index is 2.55. The highest BCUT2D eigenvalue weighted by Crippen LogP contribution is 2.44. The third-order valence-corrected chi connectivity index (χ3v) is 2.76. The van der Waals surface area contributed by atoms with Gasteiger partial charge in [-0.15, -0.1) is 11.6 Å².